The molecule has 0 bridgehead atoms. The first kappa shape index (κ1) is 20.5. The highest BCUT2D eigenvalue weighted by molar-refractivity contribution is 7.89. The Balaban J connectivity index is 1.76. The van der Waals surface area contributed by atoms with Crippen LogP contribution in [0.15, 0.2) is 57.9 Å². The molecule has 2 aromatic carbocycles. The lowest BCUT2D eigenvalue weighted by Gasteiger charge is -2.15. The van der Waals surface area contributed by atoms with E-state index < -0.39 is 16.0 Å². The average molecular weight is 417 g/mol. The summed E-state index contributed by atoms with van der Waals surface area (Å²) in [6.45, 7) is -0.250. The summed E-state index contributed by atoms with van der Waals surface area (Å²) in [7, 11) is 0.316. The smallest absolute Gasteiger partial charge is 0.338 e. The maximum absolute atomic E-state index is 12.5. The maximum Gasteiger partial charge on any atom is 0.338 e. The Morgan fingerprint density at radius 1 is 1.14 bits per heavy atom. The Labute approximate surface area is 167 Å². The second kappa shape index (κ2) is 8.41. The van der Waals surface area contributed by atoms with Crippen LogP contribution in [-0.4, -0.2) is 50.0 Å². The Morgan fingerprint density at radius 3 is 2.52 bits per heavy atom. The molecule has 0 aliphatic heterocycles. The van der Waals surface area contributed by atoms with Crippen molar-refractivity contribution in [3.63, 3.8) is 0 Å². The summed E-state index contributed by atoms with van der Waals surface area (Å²) in [5.74, 6) is -0.116. The molecule has 0 atom stereocenters. The number of carbonyl (C=O) groups is 1. The molecule has 3 aromatic rings. The van der Waals surface area contributed by atoms with Crippen LogP contribution >= 0.6 is 0 Å². The van der Waals surface area contributed by atoms with Gasteiger partial charge >= 0.3 is 5.97 Å². The topological polar surface area (TPSA) is 112 Å². The highest BCUT2D eigenvalue weighted by atomic mass is 32.2. The molecular weight excluding hydrogens is 398 g/mol. The monoisotopic (exact) mass is 417 g/mol. The van der Waals surface area contributed by atoms with Gasteiger partial charge in [-0.25, -0.2) is 17.5 Å². The highest BCUT2D eigenvalue weighted by Gasteiger charge is 2.24. The Morgan fingerprint density at radius 2 is 1.86 bits per heavy atom. The van der Waals surface area contributed by atoms with E-state index in [9.17, 15) is 13.2 Å². The fourth-order valence-corrected chi connectivity index (χ4v) is 3.51. The average Bonchev–Trinajstić information content (AvgIpc) is 3.21. The van der Waals surface area contributed by atoms with Gasteiger partial charge in [0.2, 0.25) is 15.8 Å². The van der Waals surface area contributed by atoms with E-state index in [4.69, 9.17) is 14.0 Å². The molecule has 10 heteroatoms. The van der Waals surface area contributed by atoms with Crippen LogP contribution in [0, 0.1) is 0 Å². The minimum absolute atomic E-state index is 0.0500. The van der Waals surface area contributed by atoms with Crippen LogP contribution in [0.1, 0.15) is 16.2 Å². The molecule has 29 heavy (non-hydrogen) atoms. The van der Waals surface area contributed by atoms with Gasteiger partial charge in [-0.15, -0.1) is 0 Å². The summed E-state index contributed by atoms with van der Waals surface area (Å²) >= 11 is 0. The van der Waals surface area contributed by atoms with Crippen molar-refractivity contribution in [3.05, 3.63) is 60.0 Å². The molecule has 152 valence electrons. The van der Waals surface area contributed by atoms with Crippen molar-refractivity contribution in [1.82, 2.24) is 14.4 Å². The molecule has 0 amide bonds. The Bertz CT molecular complexity index is 1110. The van der Waals surface area contributed by atoms with Crippen molar-refractivity contribution < 1.29 is 27.2 Å². The molecule has 0 saturated carbocycles. The van der Waals surface area contributed by atoms with E-state index in [1.165, 1.54) is 39.4 Å². The van der Waals surface area contributed by atoms with E-state index in [1.807, 2.05) is 30.3 Å². The standard InChI is InChI=1S/C19H19N3O6S/c1-22(2)29(24,25)16-11-14(9-10-15(16)26-3)19(23)27-12-17-20-18(21-28-17)13-7-5-4-6-8-13/h4-11H,12H2,1-3H3. The number of esters is 1. The number of aromatic nitrogens is 2. The number of benzene rings is 2. The minimum Gasteiger partial charge on any atom is -0.495 e. The van der Waals surface area contributed by atoms with Gasteiger partial charge in [-0.3, -0.25) is 0 Å². The highest BCUT2D eigenvalue weighted by Crippen LogP contribution is 2.27. The van der Waals surface area contributed by atoms with Gasteiger partial charge in [0.15, 0.2) is 6.61 Å². The van der Waals surface area contributed by atoms with E-state index >= 15 is 0 Å². The molecule has 1 aromatic heterocycles. The van der Waals surface area contributed by atoms with E-state index in [1.54, 1.807) is 0 Å². The van der Waals surface area contributed by atoms with Crippen LogP contribution in [0.4, 0.5) is 0 Å². The molecule has 0 radical (unpaired) electrons. The number of nitrogens with zero attached hydrogens (tertiary/aromatic N) is 3. The number of sulfonamides is 1. The number of methoxy groups -OCH3 is 1. The van der Waals surface area contributed by atoms with Crippen molar-refractivity contribution in [2.24, 2.45) is 0 Å². The van der Waals surface area contributed by atoms with Crippen LogP contribution in [-0.2, 0) is 21.4 Å². The van der Waals surface area contributed by atoms with Crippen molar-refractivity contribution in [2.45, 2.75) is 11.5 Å². The second-order valence-corrected chi connectivity index (χ2v) is 8.23. The molecule has 0 aliphatic carbocycles. The molecule has 0 aliphatic rings. The van der Waals surface area contributed by atoms with Crippen LogP contribution in [0.2, 0.25) is 0 Å². The van der Waals surface area contributed by atoms with Crippen LogP contribution in [0.25, 0.3) is 11.4 Å². The van der Waals surface area contributed by atoms with Crippen LogP contribution < -0.4 is 4.74 Å². The van der Waals surface area contributed by atoms with E-state index in [-0.39, 0.29) is 28.7 Å². The molecule has 1 heterocycles. The van der Waals surface area contributed by atoms with Gasteiger partial charge in [-0.1, -0.05) is 35.5 Å². The first-order valence-electron chi connectivity index (χ1n) is 8.48. The summed E-state index contributed by atoms with van der Waals surface area (Å²) < 4.78 is 41.3. The lowest BCUT2D eigenvalue weighted by atomic mass is 10.2. The van der Waals surface area contributed by atoms with Gasteiger partial charge in [0, 0.05) is 19.7 Å². The summed E-state index contributed by atoms with van der Waals surface area (Å²) in [5, 5.41) is 3.85. The summed E-state index contributed by atoms with van der Waals surface area (Å²) in [5.41, 5.74) is 0.816. The first-order chi connectivity index (χ1) is 13.8. The molecule has 0 unspecified atom stereocenters. The van der Waals surface area contributed by atoms with Gasteiger partial charge in [0.25, 0.3) is 5.89 Å². The normalized spacial score (nSPS) is 11.4. The van der Waals surface area contributed by atoms with E-state index in [2.05, 4.69) is 10.1 Å². The molecule has 3 rings (SSSR count). The predicted molar refractivity (Wildman–Crippen MR) is 103 cm³/mol. The van der Waals surface area contributed by atoms with Crippen molar-refractivity contribution in [1.29, 1.82) is 0 Å². The van der Waals surface area contributed by atoms with Crippen LogP contribution in [0.5, 0.6) is 5.75 Å². The summed E-state index contributed by atoms with van der Waals surface area (Å²) in [4.78, 5) is 16.4. The third kappa shape index (κ3) is 4.44. The quantitative estimate of drug-likeness (QED) is 0.539. The minimum atomic E-state index is -3.81. The third-order valence-electron chi connectivity index (χ3n) is 3.98. The first-order valence-corrected chi connectivity index (χ1v) is 9.92. The third-order valence-corrected chi connectivity index (χ3v) is 5.82. The number of hydrogen-bond donors (Lipinski definition) is 0. The van der Waals surface area contributed by atoms with E-state index in [0.717, 1.165) is 9.87 Å². The fraction of sp³-hybridized carbons (Fsp3) is 0.211. The molecule has 0 fully saturated rings. The lowest BCUT2D eigenvalue weighted by Crippen LogP contribution is -2.23. The van der Waals surface area contributed by atoms with Crippen molar-refractivity contribution in [2.75, 3.05) is 21.2 Å². The fourth-order valence-electron chi connectivity index (χ4n) is 2.43. The van der Waals surface area contributed by atoms with Crippen molar-refractivity contribution in [3.8, 4) is 17.1 Å². The lowest BCUT2D eigenvalue weighted by molar-refractivity contribution is 0.0429. The summed E-state index contributed by atoms with van der Waals surface area (Å²) in [6.07, 6.45) is 0. The van der Waals surface area contributed by atoms with E-state index in [0.29, 0.717) is 5.82 Å². The SMILES string of the molecule is COc1ccc(C(=O)OCc2nc(-c3ccccc3)no2)cc1S(=O)(=O)N(C)C. The van der Waals surface area contributed by atoms with Crippen molar-refractivity contribution >= 4 is 16.0 Å². The zero-order chi connectivity index (χ0) is 21.0. The van der Waals surface area contributed by atoms with Gasteiger partial charge in [0.05, 0.1) is 12.7 Å². The Hall–Kier alpha value is -3.24. The summed E-state index contributed by atoms with van der Waals surface area (Å²) in [6, 6.07) is 13.2. The predicted octanol–water partition coefficient (Wildman–Crippen LogP) is 2.35. The maximum atomic E-state index is 12.5. The molecule has 0 saturated heterocycles. The molecular formula is C19H19N3O6S. The second-order valence-electron chi connectivity index (χ2n) is 6.11. The van der Waals surface area contributed by atoms with Crippen LogP contribution in [0.3, 0.4) is 0 Å². The zero-order valence-corrected chi connectivity index (χ0v) is 16.8. The number of hydrogen-bond acceptors (Lipinski definition) is 8. The molecule has 9 nitrogen and oxygen atoms in total. The van der Waals surface area contributed by atoms with Gasteiger partial charge < -0.3 is 14.0 Å². The number of ether oxygens (including phenoxy) is 2. The Kier molecular flexibility index (Phi) is 5.95. The zero-order valence-electron chi connectivity index (χ0n) is 16.0. The number of rotatable bonds is 7. The van der Waals surface area contributed by atoms with Gasteiger partial charge in [-0.05, 0) is 18.2 Å². The van der Waals surface area contributed by atoms with Gasteiger partial charge in [-0.2, -0.15) is 4.98 Å². The number of carbonyl (C=O) groups excluding carboxylic acids is 1. The largest absolute Gasteiger partial charge is 0.495 e. The van der Waals surface area contributed by atoms with Gasteiger partial charge in [0.1, 0.15) is 10.6 Å². The molecule has 0 spiro atoms. The molecule has 0 N–H and O–H groups in total.